The van der Waals surface area contributed by atoms with Crippen molar-refractivity contribution in [3.05, 3.63) is 34.6 Å². The molecular formula is C12H15ClFNO2. The summed E-state index contributed by atoms with van der Waals surface area (Å²) in [5.74, 6) is -0.862. The highest BCUT2D eigenvalue weighted by Gasteiger charge is 2.19. The molecule has 0 aliphatic carbocycles. The zero-order chi connectivity index (χ0) is 13.1. The Labute approximate surface area is 105 Å². The average Bonchev–Trinajstić information content (AvgIpc) is 2.26. The standard InChI is InChI=1S/C12H15ClFNO2/c1-12(2,7-16)6-15-11(17)9-4-3-8(14)5-10(9)13/h3-5,16H,6-7H2,1-2H3,(H,15,17). The number of halogens is 2. The van der Waals surface area contributed by atoms with Crippen LogP contribution in [0.2, 0.25) is 5.02 Å². The smallest absolute Gasteiger partial charge is 0.252 e. The van der Waals surface area contributed by atoms with E-state index in [4.69, 9.17) is 16.7 Å². The number of nitrogens with one attached hydrogen (secondary N) is 1. The van der Waals surface area contributed by atoms with Gasteiger partial charge >= 0.3 is 0 Å². The molecule has 0 aliphatic rings. The predicted molar refractivity (Wildman–Crippen MR) is 64.6 cm³/mol. The number of hydrogen-bond donors (Lipinski definition) is 2. The van der Waals surface area contributed by atoms with Crippen LogP contribution >= 0.6 is 11.6 Å². The molecule has 0 unspecified atom stereocenters. The normalized spacial score (nSPS) is 11.4. The minimum Gasteiger partial charge on any atom is -0.396 e. The summed E-state index contributed by atoms with van der Waals surface area (Å²) < 4.78 is 12.8. The number of carbonyl (C=O) groups is 1. The van der Waals surface area contributed by atoms with Crippen LogP contribution in [-0.2, 0) is 0 Å². The molecule has 0 saturated heterocycles. The van der Waals surface area contributed by atoms with Crippen molar-refractivity contribution < 1.29 is 14.3 Å². The molecule has 17 heavy (non-hydrogen) atoms. The van der Waals surface area contributed by atoms with Crippen molar-refractivity contribution in [2.45, 2.75) is 13.8 Å². The number of amides is 1. The number of rotatable bonds is 4. The Morgan fingerprint density at radius 2 is 2.18 bits per heavy atom. The number of aliphatic hydroxyl groups excluding tert-OH is 1. The van der Waals surface area contributed by atoms with E-state index in [0.29, 0.717) is 6.54 Å². The summed E-state index contributed by atoms with van der Waals surface area (Å²) in [6.07, 6.45) is 0. The third-order valence-electron chi connectivity index (χ3n) is 2.33. The number of benzene rings is 1. The van der Waals surface area contributed by atoms with Crippen LogP contribution < -0.4 is 5.32 Å². The number of hydrogen-bond acceptors (Lipinski definition) is 2. The second-order valence-corrected chi connectivity index (χ2v) is 5.04. The molecule has 0 atom stereocenters. The molecule has 0 aliphatic heterocycles. The van der Waals surface area contributed by atoms with Crippen LogP contribution in [0.4, 0.5) is 4.39 Å². The van der Waals surface area contributed by atoms with Crippen LogP contribution in [0.25, 0.3) is 0 Å². The summed E-state index contributed by atoms with van der Waals surface area (Å²) in [7, 11) is 0. The zero-order valence-electron chi connectivity index (χ0n) is 9.76. The third-order valence-corrected chi connectivity index (χ3v) is 2.64. The molecule has 1 amide bonds. The van der Waals surface area contributed by atoms with E-state index in [-0.39, 0.29) is 23.1 Å². The van der Waals surface area contributed by atoms with Gasteiger partial charge < -0.3 is 10.4 Å². The molecule has 0 bridgehead atoms. The fraction of sp³-hybridized carbons (Fsp3) is 0.417. The van der Waals surface area contributed by atoms with E-state index in [1.807, 2.05) is 13.8 Å². The highest BCUT2D eigenvalue weighted by molar-refractivity contribution is 6.33. The fourth-order valence-electron chi connectivity index (χ4n) is 1.14. The molecule has 1 aromatic carbocycles. The largest absolute Gasteiger partial charge is 0.396 e. The van der Waals surface area contributed by atoms with Crippen molar-refractivity contribution in [2.24, 2.45) is 5.41 Å². The second-order valence-electron chi connectivity index (χ2n) is 4.63. The summed E-state index contributed by atoms with van der Waals surface area (Å²) in [6.45, 7) is 3.92. The van der Waals surface area contributed by atoms with Gasteiger partial charge in [0.2, 0.25) is 0 Å². The lowest BCUT2D eigenvalue weighted by Gasteiger charge is -2.21. The highest BCUT2D eigenvalue weighted by atomic mass is 35.5. The van der Waals surface area contributed by atoms with Gasteiger partial charge in [0.15, 0.2) is 0 Å². The van der Waals surface area contributed by atoms with Gasteiger partial charge in [-0.1, -0.05) is 25.4 Å². The summed E-state index contributed by atoms with van der Waals surface area (Å²) in [5, 5.41) is 11.8. The summed E-state index contributed by atoms with van der Waals surface area (Å²) in [4.78, 5) is 11.7. The Hall–Kier alpha value is -1.13. The average molecular weight is 260 g/mol. The van der Waals surface area contributed by atoms with Crippen LogP contribution in [0.15, 0.2) is 18.2 Å². The Morgan fingerprint density at radius 1 is 1.53 bits per heavy atom. The maximum atomic E-state index is 12.8. The second kappa shape index (κ2) is 5.47. The van der Waals surface area contributed by atoms with Gasteiger partial charge in [0.05, 0.1) is 10.6 Å². The first-order valence-electron chi connectivity index (χ1n) is 5.20. The number of carbonyl (C=O) groups excluding carboxylic acids is 1. The van der Waals surface area contributed by atoms with E-state index < -0.39 is 11.2 Å². The Kier molecular flexibility index (Phi) is 4.48. The SMILES string of the molecule is CC(C)(CO)CNC(=O)c1ccc(F)cc1Cl. The minimum atomic E-state index is -0.484. The van der Waals surface area contributed by atoms with Crippen molar-refractivity contribution >= 4 is 17.5 Å². The molecular weight excluding hydrogens is 245 g/mol. The molecule has 1 aromatic rings. The summed E-state index contributed by atoms with van der Waals surface area (Å²) in [5.41, 5.74) is -0.177. The monoisotopic (exact) mass is 259 g/mol. The van der Waals surface area contributed by atoms with Crippen LogP contribution in [0, 0.1) is 11.2 Å². The lowest BCUT2D eigenvalue weighted by molar-refractivity contribution is 0.0911. The van der Waals surface area contributed by atoms with E-state index in [1.54, 1.807) is 0 Å². The van der Waals surface area contributed by atoms with Gasteiger partial charge in [0.25, 0.3) is 5.91 Å². The maximum absolute atomic E-state index is 12.8. The van der Waals surface area contributed by atoms with Gasteiger partial charge in [-0.3, -0.25) is 4.79 Å². The molecule has 0 saturated carbocycles. The van der Waals surface area contributed by atoms with Crippen molar-refractivity contribution in [1.29, 1.82) is 0 Å². The molecule has 0 heterocycles. The van der Waals surface area contributed by atoms with Crippen LogP contribution in [0.1, 0.15) is 24.2 Å². The lowest BCUT2D eigenvalue weighted by Crippen LogP contribution is -2.36. The first-order chi connectivity index (χ1) is 7.85. The molecule has 0 aromatic heterocycles. The molecule has 5 heteroatoms. The quantitative estimate of drug-likeness (QED) is 0.871. The molecule has 3 nitrogen and oxygen atoms in total. The van der Waals surface area contributed by atoms with Gasteiger partial charge in [-0.15, -0.1) is 0 Å². The van der Waals surface area contributed by atoms with Gasteiger partial charge in [0, 0.05) is 18.6 Å². The van der Waals surface area contributed by atoms with Crippen LogP contribution in [-0.4, -0.2) is 24.2 Å². The van der Waals surface area contributed by atoms with Crippen molar-refractivity contribution in [3.63, 3.8) is 0 Å². The minimum absolute atomic E-state index is 0.0373. The van der Waals surface area contributed by atoms with Crippen LogP contribution in [0.5, 0.6) is 0 Å². The summed E-state index contributed by atoms with van der Waals surface area (Å²) >= 11 is 5.76. The van der Waals surface area contributed by atoms with Gasteiger partial charge in [-0.2, -0.15) is 0 Å². The highest BCUT2D eigenvalue weighted by Crippen LogP contribution is 2.18. The van der Waals surface area contributed by atoms with E-state index in [2.05, 4.69) is 5.32 Å². The van der Waals surface area contributed by atoms with Gasteiger partial charge in [0.1, 0.15) is 5.82 Å². The molecule has 94 valence electrons. The van der Waals surface area contributed by atoms with Gasteiger partial charge in [-0.25, -0.2) is 4.39 Å². The molecule has 0 fully saturated rings. The topological polar surface area (TPSA) is 49.3 Å². The fourth-order valence-corrected chi connectivity index (χ4v) is 1.40. The molecule has 0 spiro atoms. The zero-order valence-corrected chi connectivity index (χ0v) is 10.5. The number of aliphatic hydroxyl groups is 1. The molecule has 2 N–H and O–H groups in total. The lowest BCUT2D eigenvalue weighted by atomic mass is 9.95. The molecule has 1 rings (SSSR count). The van der Waals surface area contributed by atoms with Gasteiger partial charge in [-0.05, 0) is 18.2 Å². The Morgan fingerprint density at radius 3 is 2.71 bits per heavy atom. The molecule has 0 radical (unpaired) electrons. The van der Waals surface area contributed by atoms with Crippen molar-refractivity contribution in [1.82, 2.24) is 5.32 Å². The maximum Gasteiger partial charge on any atom is 0.252 e. The summed E-state index contributed by atoms with van der Waals surface area (Å²) in [6, 6.07) is 3.60. The van der Waals surface area contributed by atoms with Crippen molar-refractivity contribution in [3.8, 4) is 0 Å². The Bertz CT molecular complexity index is 421. The van der Waals surface area contributed by atoms with Crippen molar-refractivity contribution in [2.75, 3.05) is 13.2 Å². The first kappa shape index (κ1) is 13.9. The van der Waals surface area contributed by atoms with E-state index in [1.165, 1.54) is 12.1 Å². The van der Waals surface area contributed by atoms with E-state index >= 15 is 0 Å². The van der Waals surface area contributed by atoms with Crippen LogP contribution in [0.3, 0.4) is 0 Å². The third kappa shape index (κ3) is 3.98. The van der Waals surface area contributed by atoms with E-state index in [0.717, 1.165) is 6.07 Å². The Balaban J connectivity index is 2.71. The first-order valence-corrected chi connectivity index (χ1v) is 5.57. The van der Waals surface area contributed by atoms with E-state index in [9.17, 15) is 9.18 Å². The predicted octanol–water partition coefficient (Wildman–Crippen LogP) is 2.23.